The smallest absolute Gasteiger partial charge is 0.339 e. The molecule has 1 amide bonds. The number of likely N-dealkylation sites (tertiary alicyclic amines) is 1. The van der Waals surface area contributed by atoms with Crippen molar-refractivity contribution in [3.05, 3.63) is 75.0 Å². The average molecular weight is 695 g/mol. The first-order valence-corrected chi connectivity index (χ1v) is 17.4. The molecule has 3 aromatic rings. The fourth-order valence-corrected chi connectivity index (χ4v) is 6.39. The molecule has 5 nitrogen and oxygen atoms in total. The van der Waals surface area contributed by atoms with Gasteiger partial charge >= 0.3 is 6.18 Å². The molecular weight excluding hydrogens is 646 g/mol. The second-order valence-electron chi connectivity index (χ2n) is 12.8. The van der Waals surface area contributed by atoms with Gasteiger partial charge in [-0.2, -0.15) is 18.3 Å². The molecular formula is C37H48Cl2F3N3O2. The van der Waals surface area contributed by atoms with E-state index < -0.39 is 12.1 Å². The van der Waals surface area contributed by atoms with Crippen LogP contribution in [0.1, 0.15) is 99.8 Å². The molecule has 47 heavy (non-hydrogen) atoms. The van der Waals surface area contributed by atoms with Crippen LogP contribution in [0.2, 0.25) is 10.0 Å². The van der Waals surface area contributed by atoms with Crippen LogP contribution in [0.5, 0.6) is 0 Å². The Balaban J connectivity index is 0.000000246. The monoisotopic (exact) mass is 693 g/mol. The summed E-state index contributed by atoms with van der Waals surface area (Å²) in [6.45, 7) is 10.4. The summed E-state index contributed by atoms with van der Waals surface area (Å²) in [4.78, 5) is 24.2. The third kappa shape index (κ3) is 11.4. The molecule has 2 aromatic carbocycles. The number of aromatic nitrogens is 2. The Hall–Kier alpha value is -2.84. The van der Waals surface area contributed by atoms with Gasteiger partial charge in [0.25, 0.3) is 5.91 Å². The summed E-state index contributed by atoms with van der Waals surface area (Å²) in [6.07, 6.45) is 5.73. The van der Waals surface area contributed by atoms with Crippen LogP contribution in [0.3, 0.4) is 0 Å². The zero-order valence-electron chi connectivity index (χ0n) is 28.2. The maximum atomic E-state index is 12.8. The summed E-state index contributed by atoms with van der Waals surface area (Å²) in [5.74, 6) is 0.488. The molecule has 1 N–H and O–H groups in total. The highest BCUT2D eigenvalue weighted by atomic mass is 35.5. The van der Waals surface area contributed by atoms with E-state index in [-0.39, 0.29) is 31.8 Å². The van der Waals surface area contributed by atoms with Gasteiger partial charge in [-0.1, -0.05) is 68.9 Å². The first-order chi connectivity index (χ1) is 22.2. The third-order valence-corrected chi connectivity index (χ3v) is 10.2. The summed E-state index contributed by atoms with van der Waals surface area (Å²) >= 11 is 12.3. The zero-order valence-corrected chi connectivity index (χ0v) is 29.7. The van der Waals surface area contributed by atoms with Gasteiger partial charge < -0.3 is 9.69 Å². The quantitative estimate of drug-likeness (QED) is 0.268. The number of nitrogens with one attached hydrogen (secondary N) is 1. The van der Waals surface area contributed by atoms with Crippen LogP contribution >= 0.6 is 23.2 Å². The first kappa shape index (κ1) is 38.6. The number of hydrogen-bond donors (Lipinski definition) is 1. The summed E-state index contributed by atoms with van der Waals surface area (Å²) < 4.78 is 38.3. The van der Waals surface area contributed by atoms with Crippen LogP contribution in [-0.4, -0.2) is 46.1 Å². The van der Waals surface area contributed by atoms with Crippen LogP contribution in [0.15, 0.2) is 42.6 Å². The van der Waals surface area contributed by atoms with Crippen molar-refractivity contribution in [1.82, 2.24) is 15.1 Å². The van der Waals surface area contributed by atoms with E-state index in [0.29, 0.717) is 21.4 Å². The van der Waals surface area contributed by atoms with E-state index in [1.807, 2.05) is 25.3 Å². The van der Waals surface area contributed by atoms with Crippen molar-refractivity contribution >= 4 is 34.9 Å². The number of amides is 1. The molecule has 1 saturated heterocycles. The molecule has 0 radical (unpaired) electrons. The first-order valence-electron chi connectivity index (χ1n) is 16.7. The molecule has 258 valence electrons. The van der Waals surface area contributed by atoms with E-state index in [9.17, 15) is 22.8 Å². The number of aryl methyl sites for hydroxylation is 1. The average Bonchev–Trinajstić information content (AvgIpc) is 3.54. The highest BCUT2D eigenvalue weighted by Gasteiger charge is 2.41. The number of aromatic amines is 1. The van der Waals surface area contributed by atoms with E-state index >= 15 is 0 Å². The van der Waals surface area contributed by atoms with Crippen molar-refractivity contribution in [1.29, 1.82) is 0 Å². The number of halogens is 5. The third-order valence-electron chi connectivity index (χ3n) is 9.38. The Morgan fingerprint density at radius 1 is 1.02 bits per heavy atom. The number of hydrogen-bond acceptors (Lipinski definition) is 3. The number of Topliss-reactive ketones (excluding diaryl/α,β-unsaturated/α-hetero) is 1. The summed E-state index contributed by atoms with van der Waals surface area (Å²) in [7, 11) is 0. The molecule has 0 saturated carbocycles. The van der Waals surface area contributed by atoms with Gasteiger partial charge in [-0.3, -0.25) is 9.89 Å². The Kier molecular flexibility index (Phi) is 14.8. The molecule has 1 aliphatic heterocycles. The van der Waals surface area contributed by atoms with Crippen LogP contribution in [-0.2, 0) is 17.6 Å². The van der Waals surface area contributed by atoms with Gasteiger partial charge in [0.15, 0.2) is 0 Å². The van der Waals surface area contributed by atoms with Crippen molar-refractivity contribution in [2.24, 2.45) is 17.8 Å². The summed E-state index contributed by atoms with van der Waals surface area (Å²) in [5, 5.41) is 8.30. The molecule has 5 rings (SSSR count). The highest BCUT2D eigenvalue weighted by molar-refractivity contribution is 6.36. The van der Waals surface area contributed by atoms with E-state index in [1.54, 1.807) is 31.2 Å². The number of carbonyl (C=O) groups excluding carboxylic acids is 2. The van der Waals surface area contributed by atoms with E-state index in [0.717, 1.165) is 47.8 Å². The lowest BCUT2D eigenvalue weighted by Gasteiger charge is -2.33. The van der Waals surface area contributed by atoms with Crippen LogP contribution in [0.25, 0.3) is 11.1 Å². The van der Waals surface area contributed by atoms with Crippen LogP contribution in [0.4, 0.5) is 13.2 Å². The Labute approximate surface area is 287 Å². The predicted octanol–water partition coefficient (Wildman–Crippen LogP) is 10.7. The SMILES string of the molecule is CCC(C)C1CCc2[nH]ncc2C1.CCCCC(C)=O.Cc1c(Cl)cc(-c2ccc(C(=O)N3CCC(C(F)(F)F)CC3)cc2)cc1Cl. The molecule has 0 bridgehead atoms. The molecule has 0 spiro atoms. The molecule has 2 atom stereocenters. The number of H-pyrrole nitrogens is 1. The Morgan fingerprint density at radius 2 is 1.64 bits per heavy atom. The predicted molar refractivity (Wildman–Crippen MR) is 185 cm³/mol. The molecule has 2 aliphatic rings. The summed E-state index contributed by atoms with van der Waals surface area (Å²) in [6, 6.07) is 10.5. The fraction of sp³-hybridized carbons (Fsp3) is 0.541. The summed E-state index contributed by atoms with van der Waals surface area (Å²) in [5.41, 5.74) is 5.77. The second-order valence-corrected chi connectivity index (χ2v) is 13.6. The maximum absolute atomic E-state index is 12.8. The van der Waals surface area contributed by atoms with E-state index in [1.165, 1.54) is 41.8 Å². The molecule has 2 unspecified atom stereocenters. The number of fused-ring (bicyclic) bond motifs is 1. The number of benzene rings is 2. The molecule has 1 fully saturated rings. The lowest BCUT2D eigenvalue weighted by Crippen LogP contribution is -2.42. The van der Waals surface area contributed by atoms with Crippen LogP contribution < -0.4 is 0 Å². The number of alkyl halides is 3. The fourth-order valence-electron chi connectivity index (χ4n) is 5.90. The lowest BCUT2D eigenvalue weighted by atomic mass is 9.79. The number of unbranched alkanes of at least 4 members (excludes halogenated alkanes) is 1. The van der Waals surface area contributed by atoms with Gasteiger partial charge in [-0.05, 0) is 111 Å². The lowest BCUT2D eigenvalue weighted by molar-refractivity contribution is -0.183. The van der Waals surface area contributed by atoms with Gasteiger partial charge in [-0.15, -0.1) is 0 Å². The van der Waals surface area contributed by atoms with Gasteiger partial charge in [0.2, 0.25) is 0 Å². The number of nitrogens with zero attached hydrogens (tertiary/aromatic N) is 2. The van der Waals surface area contributed by atoms with E-state index in [2.05, 4.69) is 31.0 Å². The second kappa shape index (κ2) is 18.1. The van der Waals surface area contributed by atoms with Crippen molar-refractivity contribution < 1.29 is 22.8 Å². The number of piperidine rings is 1. The minimum absolute atomic E-state index is 0.0479. The highest BCUT2D eigenvalue weighted by Crippen LogP contribution is 2.35. The molecule has 10 heteroatoms. The minimum Gasteiger partial charge on any atom is -0.339 e. The Bertz CT molecular complexity index is 1420. The van der Waals surface area contributed by atoms with Gasteiger partial charge in [-0.25, -0.2) is 0 Å². The van der Waals surface area contributed by atoms with Crippen molar-refractivity contribution in [3.8, 4) is 11.1 Å². The molecule has 2 heterocycles. The topological polar surface area (TPSA) is 66.1 Å². The van der Waals surface area contributed by atoms with Gasteiger partial charge in [0.1, 0.15) is 5.78 Å². The number of carbonyl (C=O) groups is 2. The maximum Gasteiger partial charge on any atom is 0.391 e. The van der Waals surface area contributed by atoms with Crippen LogP contribution in [0, 0.1) is 24.7 Å². The van der Waals surface area contributed by atoms with Gasteiger partial charge in [0, 0.05) is 40.8 Å². The number of rotatable bonds is 7. The zero-order chi connectivity index (χ0) is 34.7. The van der Waals surface area contributed by atoms with Gasteiger partial charge in [0.05, 0.1) is 12.1 Å². The largest absolute Gasteiger partial charge is 0.391 e. The van der Waals surface area contributed by atoms with Crippen molar-refractivity contribution in [2.75, 3.05) is 13.1 Å². The normalized spacial score (nSPS) is 17.1. The van der Waals surface area contributed by atoms with E-state index in [4.69, 9.17) is 23.2 Å². The Morgan fingerprint density at radius 3 is 2.15 bits per heavy atom. The van der Waals surface area contributed by atoms with Crippen molar-refractivity contribution in [3.63, 3.8) is 0 Å². The number of ketones is 1. The molecule has 1 aromatic heterocycles. The standard InChI is InChI=1S/C20H18Cl2F3NO.C11H18N2.C6H12O/c1-12-17(21)10-15(11-18(12)22)13-2-4-14(5-3-13)19(27)26-8-6-16(7-9-26)20(23,24)25;1-3-8(2)9-4-5-11-10(6-9)7-12-13-11;1-3-4-5-6(2)7/h2-5,10-11,16H,6-9H2,1H3;7-9H,3-6H2,1-2H3,(H,12,13);3-5H2,1-2H3. The van der Waals surface area contributed by atoms with Crippen molar-refractivity contribution in [2.45, 2.75) is 98.6 Å². The molecule has 1 aliphatic carbocycles. The minimum atomic E-state index is -4.19.